The molecule has 18 heavy (non-hydrogen) atoms. The molecule has 3 nitrogen and oxygen atoms in total. The van der Waals surface area contributed by atoms with Crippen molar-refractivity contribution in [2.75, 3.05) is 11.9 Å². The molecule has 0 aliphatic rings. The Balaban J connectivity index is 2.43. The highest BCUT2D eigenvalue weighted by atomic mass is 79.9. The molecule has 1 amide bonds. The molecule has 0 spiro atoms. The number of alkyl halides is 1. The van der Waals surface area contributed by atoms with Gasteiger partial charge in [0.1, 0.15) is 5.75 Å². The molecule has 2 N–H and O–H groups in total. The molecule has 1 aromatic rings. The molecule has 1 atom stereocenters. The summed E-state index contributed by atoms with van der Waals surface area (Å²) in [6.07, 6.45) is 2.02. The first-order chi connectivity index (χ1) is 8.54. The maximum absolute atomic E-state index is 11.9. The smallest absolute Gasteiger partial charge is 0.255 e. The Hall–Kier alpha value is -1.03. The number of hydrogen-bond acceptors (Lipinski definition) is 2. The Morgan fingerprint density at radius 2 is 2.22 bits per heavy atom. The van der Waals surface area contributed by atoms with Crippen LogP contribution in [0.15, 0.2) is 18.2 Å². The SMILES string of the molecule is Cc1ccc(O)c(C(=O)NCCCC(C)CBr)c1. The van der Waals surface area contributed by atoms with Gasteiger partial charge in [-0.05, 0) is 37.8 Å². The molecule has 0 bridgehead atoms. The molecule has 1 aromatic carbocycles. The second kappa shape index (κ2) is 7.41. The maximum atomic E-state index is 11.9. The lowest BCUT2D eigenvalue weighted by atomic mass is 10.1. The molecular formula is C14H20BrNO2. The van der Waals surface area contributed by atoms with Crippen molar-refractivity contribution < 1.29 is 9.90 Å². The molecule has 1 unspecified atom stereocenters. The number of carbonyl (C=O) groups excluding carboxylic acids is 1. The summed E-state index contributed by atoms with van der Waals surface area (Å²) in [5, 5.41) is 13.4. The van der Waals surface area contributed by atoms with Gasteiger partial charge >= 0.3 is 0 Å². The van der Waals surface area contributed by atoms with Crippen LogP contribution in [0.1, 0.15) is 35.7 Å². The van der Waals surface area contributed by atoms with E-state index < -0.39 is 0 Å². The van der Waals surface area contributed by atoms with Crippen LogP contribution < -0.4 is 5.32 Å². The predicted octanol–water partition coefficient (Wildman–Crippen LogP) is 3.24. The quantitative estimate of drug-likeness (QED) is 0.625. The molecule has 1 rings (SSSR count). The van der Waals surface area contributed by atoms with Crippen molar-refractivity contribution in [3.63, 3.8) is 0 Å². The van der Waals surface area contributed by atoms with Gasteiger partial charge in [0, 0.05) is 11.9 Å². The zero-order chi connectivity index (χ0) is 13.5. The average Bonchev–Trinajstić information content (AvgIpc) is 2.36. The van der Waals surface area contributed by atoms with Gasteiger partial charge in [0.05, 0.1) is 5.56 Å². The van der Waals surface area contributed by atoms with Crippen LogP contribution in [0.25, 0.3) is 0 Å². The van der Waals surface area contributed by atoms with Crippen LogP contribution in [0.3, 0.4) is 0 Å². The Labute approximate surface area is 117 Å². The summed E-state index contributed by atoms with van der Waals surface area (Å²) in [5.74, 6) is 0.448. The minimum Gasteiger partial charge on any atom is -0.507 e. The third kappa shape index (κ3) is 4.69. The van der Waals surface area contributed by atoms with E-state index in [9.17, 15) is 9.90 Å². The highest BCUT2D eigenvalue weighted by molar-refractivity contribution is 9.09. The number of aromatic hydroxyl groups is 1. The fourth-order valence-corrected chi connectivity index (χ4v) is 1.98. The lowest BCUT2D eigenvalue weighted by Crippen LogP contribution is -2.25. The van der Waals surface area contributed by atoms with Crippen LogP contribution in [-0.2, 0) is 0 Å². The lowest BCUT2D eigenvalue weighted by molar-refractivity contribution is 0.0950. The van der Waals surface area contributed by atoms with Crippen molar-refractivity contribution in [1.82, 2.24) is 5.32 Å². The van der Waals surface area contributed by atoms with Crippen molar-refractivity contribution in [1.29, 1.82) is 0 Å². The number of nitrogens with one attached hydrogen (secondary N) is 1. The molecule has 4 heteroatoms. The molecular weight excluding hydrogens is 294 g/mol. The van der Waals surface area contributed by atoms with Gasteiger partial charge in [-0.3, -0.25) is 4.79 Å². The highest BCUT2D eigenvalue weighted by Crippen LogP contribution is 2.17. The summed E-state index contributed by atoms with van der Waals surface area (Å²) in [7, 11) is 0. The Kier molecular flexibility index (Phi) is 6.19. The van der Waals surface area contributed by atoms with Crippen LogP contribution in [0.5, 0.6) is 5.75 Å². The van der Waals surface area contributed by atoms with E-state index in [1.807, 2.05) is 6.92 Å². The van der Waals surface area contributed by atoms with E-state index in [-0.39, 0.29) is 11.7 Å². The maximum Gasteiger partial charge on any atom is 0.255 e. The molecule has 0 heterocycles. The number of phenolic OH excluding ortho intramolecular Hbond substituents is 1. The van der Waals surface area contributed by atoms with E-state index in [2.05, 4.69) is 28.2 Å². The normalized spacial score (nSPS) is 12.2. The van der Waals surface area contributed by atoms with Crippen molar-refractivity contribution in [2.24, 2.45) is 5.92 Å². The first-order valence-corrected chi connectivity index (χ1v) is 7.30. The molecule has 0 aliphatic carbocycles. The molecule has 0 aromatic heterocycles. The number of amides is 1. The van der Waals surface area contributed by atoms with E-state index in [0.717, 1.165) is 23.7 Å². The van der Waals surface area contributed by atoms with Gasteiger partial charge in [-0.25, -0.2) is 0 Å². The van der Waals surface area contributed by atoms with Crippen LogP contribution in [-0.4, -0.2) is 22.9 Å². The number of rotatable bonds is 6. The van der Waals surface area contributed by atoms with Crippen LogP contribution in [0.4, 0.5) is 0 Å². The Morgan fingerprint density at radius 1 is 1.50 bits per heavy atom. The first kappa shape index (κ1) is 15.0. The number of hydrogen-bond donors (Lipinski definition) is 2. The van der Waals surface area contributed by atoms with Gasteiger partial charge in [-0.2, -0.15) is 0 Å². The topological polar surface area (TPSA) is 49.3 Å². The van der Waals surface area contributed by atoms with Gasteiger partial charge < -0.3 is 10.4 Å². The molecule has 0 fully saturated rings. The molecule has 0 saturated carbocycles. The molecule has 0 saturated heterocycles. The fraction of sp³-hybridized carbons (Fsp3) is 0.500. The van der Waals surface area contributed by atoms with Crippen LogP contribution >= 0.6 is 15.9 Å². The summed E-state index contributed by atoms with van der Waals surface area (Å²) >= 11 is 3.43. The van der Waals surface area contributed by atoms with Gasteiger partial charge in [0.25, 0.3) is 5.91 Å². The Morgan fingerprint density at radius 3 is 2.89 bits per heavy atom. The standard InChI is InChI=1S/C14H20BrNO2/c1-10-5-6-13(17)12(8-10)14(18)16-7-3-4-11(2)9-15/h5-6,8,11,17H,3-4,7,9H2,1-2H3,(H,16,18). The van der Waals surface area contributed by atoms with E-state index in [1.54, 1.807) is 18.2 Å². The molecule has 0 aliphatic heterocycles. The second-order valence-corrected chi connectivity index (χ2v) is 5.33. The second-order valence-electron chi connectivity index (χ2n) is 4.68. The van der Waals surface area contributed by atoms with Crippen LogP contribution in [0, 0.1) is 12.8 Å². The number of phenols is 1. The van der Waals surface area contributed by atoms with Crippen molar-refractivity contribution in [3.8, 4) is 5.75 Å². The zero-order valence-electron chi connectivity index (χ0n) is 10.9. The van der Waals surface area contributed by atoms with Crippen molar-refractivity contribution in [2.45, 2.75) is 26.7 Å². The van der Waals surface area contributed by atoms with E-state index in [1.165, 1.54) is 0 Å². The van der Waals surface area contributed by atoms with E-state index in [4.69, 9.17) is 0 Å². The van der Waals surface area contributed by atoms with Gasteiger partial charge in [-0.15, -0.1) is 0 Å². The summed E-state index contributed by atoms with van der Waals surface area (Å²) in [5.41, 5.74) is 1.31. The van der Waals surface area contributed by atoms with E-state index >= 15 is 0 Å². The van der Waals surface area contributed by atoms with Gasteiger partial charge in [0.2, 0.25) is 0 Å². The number of halogens is 1. The average molecular weight is 314 g/mol. The summed E-state index contributed by atoms with van der Waals surface area (Å²) in [6, 6.07) is 5.03. The van der Waals surface area contributed by atoms with Crippen LogP contribution in [0.2, 0.25) is 0 Å². The predicted molar refractivity (Wildman–Crippen MR) is 77.4 cm³/mol. The lowest BCUT2D eigenvalue weighted by Gasteiger charge is -2.09. The highest BCUT2D eigenvalue weighted by Gasteiger charge is 2.10. The van der Waals surface area contributed by atoms with Crippen molar-refractivity contribution in [3.05, 3.63) is 29.3 Å². The molecule has 0 radical (unpaired) electrons. The minimum atomic E-state index is -0.206. The summed E-state index contributed by atoms with van der Waals surface area (Å²) in [4.78, 5) is 11.9. The zero-order valence-corrected chi connectivity index (χ0v) is 12.5. The summed E-state index contributed by atoms with van der Waals surface area (Å²) < 4.78 is 0. The number of benzene rings is 1. The summed E-state index contributed by atoms with van der Waals surface area (Å²) in [6.45, 7) is 4.71. The third-order valence-corrected chi connectivity index (χ3v) is 3.92. The largest absolute Gasteiger partial charge is 0.507 e. The number of aryl methyl sites for hydroxylation is 1. The minimum absolute atomic E-state index is 0.0342. The van der Waals surface area contributed by atoms with E-state index in [0.29, 0.717) is 18.0 Å². The molecule has 100 valence electrons. The first-order valence-electron chi connectivity index (χ1n) is 6.18. The fourth-order valence-electron chi connectivity index (χ4n) is 1.66. The van der Waals surface area contributed by atoms with Crippen molar-refractivity contribution >= 4 is 21.8 Å². The number of carbonyl (C=O) groups is 1. The third-order valence-electron chi connectivity index (χ3n) is 2.82. The van der Waals surface area contributed by atoms with Gasteiger partial charge in [-0.1, -0.05) is 34.5 Å². The Bertz CT molecular complexity index is 407. The van der Waals surface area contributed by atoms with Gasteiger partial charge in [0.15, 0.2) is 0 Å². The monoisotopic (exact) mass is 313 g/mol.